The highest BCUT2D eigenvalue weighted by molar-refractivity contribution is 5.88. The van der Waals surface area contributed by atoms with Crippen molar-refractivity contribution in [2.24, 2.45) is 0 Å². The average molecular weight is 495 g/mol. The van der Waals surface area contributed by atoms with Gasteiger partial charge in [-0.05, 0) is 41.0 Å². The zero-order valence-electron chi connectivity index (χ0n) is 20.4. The van der Waals surface area contributed by atoms with E-state index in [1.165, 1.54) is 31.3 Å². The normalized spacial score (nSPS) is 11.4. The van der Waals surface area contributed by atoms with Gasteiger partial charge in [-0.1, -0.05) is 48.5 Å². The number of methoxy groups -OCH3 is 2. The van der Waals surface area contributed by atoms with Crippen molar-refractivity contribution in [3.63, 3.8) is 0 Å². The number of carbonyl (C=O) groups excluding carboxylic acids is 2. The van der Waals surface area contributed by atoms with E-state index >= 15 is 0 Å². The number of nitrogens with zero attached hydrogens (tertiary/aromatic N) is 1. The summed E-state index contributed by atoms with van der Waals surface area (Å²) >= 11 is 0. The zero-order valence-corrected chi connectivity index (χ0v) is 20.4. The molecule has 0 aliphatic rings. The molecule has 1 atom stereocenters. The minimum Gasteiger partial charge on any atom is -0.493 e. The van der Waals surface area contributed by atoms with E-state index < -0.39 is 6.04 Å². The SMILES string of the molecule is COc1ccc(CC(=O)N(Cc2ccc(F)cc2)[C@H](Cc2ccccc2)C(=O)NCCO)cc1OC. The number of halogens is 1. The molecule has 2 amide bonds. The lowest BCUT2D eigenvalue weighted by molar-refractivity contribution is -0.140. The van der Waals surface area contributed by atoms with E-state index in [1.54, 1.807) is 30.3 Å². The van der Waals surface area contributed by atoms with Gasteiger partial charge in [0.15, 0.2) is 11.5 Å². The molecule has 3 rings (SSSR count). The van der Waals surface area contributed by atoms with Crippen LogP contribution in [0.1, 0.15) is 16.7 Å². The van der Waals surface area contributed by atoms with Gasteiger partial charge in [0.2, 0.25) is 11.8 Å². The maximum atomic E-state index is 13.7. The molecule has 0 radical (unpaired) electrons. The van der Waals surface area contributed by atoms with E-state index in [0.29, 0.717) is 22.6 Å². The quantitative estimate of drug-likeness (QED) is 0.404. The monoisotopic (exact) mass is 494 g/mol. The number of nitrogens with one attached hydrogen (secondary N) is 1. The van der Waals surface area contributed by atoms with Gasteiger partial charge >= 0.3 is 0 Å². The Kier molecular flexibility index (Phi) is 9.82. The lowest BCUT2D eigenvalue weighted by Crippen LogP contribution is -2.51. The molecule has 36 heavy (non-hydrogen) atoms. The predicted octanol–water partition coefficient (Wildman–Crippen LogP) is 3.13. The highest BCUT2D eigenvalue weighted by Gasteiger charge is 2.30. The molecular formula is C28H31FN2O5. The van der Waals surface area contributed by atoms with Gasteiger partial charge < -0.3 is 24.8 Å². The predicted molar refractivity (Wildman–Crippen MR) is 134 cm³/mol. The van der Waals surface area contributed by atoms with E-state index in [2.05, 4.69) is 5.32 Å². The zero-order chi connectivity index (χ0) is 25.9. The van der Waals surface area contributed by atoms with Crippen molar-refractivity contribution in [2.75, 3.05) is 27.4 Å². The molecule has 0 bridgehead atoms. The summed E-state index contributed by atoms with van der Waals surface area (Å²) < 4.78 is 24.2. The Bertz CT molecular complexity index is 1140. The van der Waals surface area contributed by atoms with Gasteiger partial charge in [0, 0.05) is 19.5 Å². The van der Waals surface area contributed by atoms with E-state index in [4.69, 9.17) is 9.47 Å². The fraction of sp³-hybridized carbons (Fsp3) is 0.286. The van der Waals surface area contributed by atoms with Crippen molar-refractivity contribution in [2.45, 2.75) is 25.4 Å². The van der Waals surface area contributed by atoms with Crippen molar-refractivity contribution in [1.82, 2.24) is 10.2 Å². The van der Waals surface area contributed by atoms with Gasteiger partial charge in [0.1, 0.15) is 11.9 Å². The van der Waals surface area contributed by atoms with Crippen LogP contribution in [0.5, 0.6) is 11.5 Å². The third-order valence-corrected chi connectivity index (χ3v) is 5.75. The molecule has 0 aliphatic heterocycles. The van der Waals surface area contributed by atoms with Crippen molar-refractivity contribution < 1.29 is 28.6 Å². The number of aliphatic hydroxyl groups excluding tert-OH is 1. The second-order valence-corrected chi connectivity index (χ2v) is 8.23. The Hall–Kier alpha value is -3.91. The van der Waals surface area contributed by atoms with Gasteiger partial charge in [-0.25, -0.2) is 4.39 Å². The molecule has 3 aromatic carbocycles. The van der Waals surface area contributed by atoms with Crippen LogP contribution in [0.3, 0.4) is 0 Å². The first-order valence-corrected chi connectivity index (χ1v) is 11.6. The molecular weight excluding hydrogens is 463 g/mol. The smallest absolute Gasteiger partial charge is 0.243 e. The summed E-state index contributed by atoms with van der Waals surface area (Å²) in [6.45, 7) is -0.0455. The molecule has 7 nitrogen and oxygen atoms in total. The lowest BCUT2D eigenvalue weighted by Gasteiger charge is -2.31. The molecule has 2 N–H and O–H groups in total. The first-order valence-electron chi connectivity index (χ1n) is 11.6. The number of hydrogen-bond donors (Lipinski definition) is 2. The molecule has 0 fully saturated rings. The first kappa shape index (κ1) is 26.7. The maximum absolute atomic E-state index is 13.7. The molecule has 190 valence electrons. The average Bonchev–Trinajstić information content (AvgIpc) is 2.90. The second-order valence-electron chi connectivity index (χ2n) is 8.23. The molecule has 0 aliphatic carbocycles. The fourth-order valence-electron chi connectivity index (χ4n) is 3.90. The van der Waals surface area contributed by atoms with Crippen LogP contribution in [0.2, 0.25) is 0 Å². The molecule has 8 heteroatoms. The van der Waals surface area contributed by atoms with E-state index in [0.717, 1.165) is 5.56 Å². The number of benzene rings is 3. The molecule has 3 aromatic rings. The number of hydrogen-bond acceptors (Lipinski definition) is 5. The van der Waals surface area contributed by atoms with Crippen LogP contribution in [0.25, 0.3) is 0 Å². The summed E-state index contributed by atoms with van der Waals surface area (Å²) in [4.78, 5) is 28.4. The minimum absolute atomic E-state index is 0.0140. The molecule has 0 aromatic heterocycles. The summed E-state index contributed by atoms with van der Waals surface area (Å²) in [5, 5.41) is 11.9. The molecule has 0 saturated carbocycles. The van der Waals surface area contributed by atoms with Crippen molar-refractivity contribution in [3.05, 3.63) is 95.3 Å². The number of carbonyl (C=O) groups is 2. The summed E-state index contributed by atoms with van der Waals surface area (Å²) in [7, 11) is 3.05. The second kappa shape index (κ2) is 13.3. The maximum Gasteiger partial charge on any atom is 0.243 e. The highest BCUT2D eigenvalue weighted by Crippen LogP contribution is 2.28. The Morgan fingerprint density at radius 3 is 2.22 bits per heavy atom. The first-order chi connectivity index (χ1) is 17.4. The topological polar surface area (TPSA) is 88.1 Å². The van der Waals surface area contributed by atoms with Crippen LogP contribution < -0.4 is 14.8 Å². The Balaban J connectivity index is 1.96. The van der Waals surface area contributed by atoms with Crippen LogP contribution in [-0.2, 0) is 29.0 Å². The highest BCUT2D eigenvalue weighted by atomic mass is 19.1. The number of aliphatic hydroxyl groups is 1. The summed E-state index contributed by atoms with van der Waals surface area (Å²) in [5.74, 6) is -0.0117. The lowest BCUT2D eigenvalue weighted by atomic mass is 10.0. The minimum atomic E-state index is -0.850. The summed E-state index contributed by atoms with van der Waals surface area (Å²) in [6, 6.07) is 19.6. The fourth-order valence-corrected chi connectivity index (χ4v) is 3.90. The van der Waals surface area contributed by atoms with Gasteiger partial charge in [-0.3, -0.25) is 9.59 Å². The third kappa shape index (κ3) is 7.29. The molecule has 0 heterocycles. The van der Waals surface area contributed by atoms with E-state index in [-0.39, 0.29) is 50.2 Å². The van der Waals surface area contributed by atoms with Gasteiger partial charge in [-0.15, -0.1) is 0 Å². The van der Waals surface area contributed by atoms with Crippen LogP contribution in [-0.4, -0.2) is 55.2 Å². The number of amides is 2. The number of rotatable bonds is 12. The number of ether oxygens (including phenoxy) is 2. The Morgan fingerprint density at radius 1 is 0.917 bits per heavy atom. The van der Waals surface area contributed by atoms with E-state index in [1.807, 2.05) is 30.3 Å². The Labute approximate surface area is 210 Å². The molecule has 0 unspecified atom stereocenters. The van der Waals surface area contributed by atoms with Crippen LogP contribution >= 0.6 is 0 Å². The molecule has 0 saturated heterocycles. The van der Waals surface area contributed by atoms with Crippen LogP contribution in [0.4, 0.5) is 4.39 Å². The van der Waals surface area contributed by atoms with E-state index in [9.17, 15) is 19.1 Å². The van der Waals surface area contributed by atoms with Crippen molar-refractivity contribution >= 4 is 11.8 Å². The summed E-state index contributed by atoms with van der Waals surface area (Å²) in [5.41, 5.74) is 2.26. The van der Waals surface area contributed by atoms with Gasteiger partial charge in [-0.2, -0.15) is 0 Å². The van der Waals surface area contributed by atoms with Crippen LogP contribution in [0.15, 0.2) is 72.8 Å². The summed E-state index contributed by atoms with van der Waals surface area (Å²) in [6.07, 6.45) is 0.289. The standard InChI is InChI=1S/C28H31FN2O5/c1-35-25-13-10-22(17-26(25)36-2)18-27(33)31(19-21-8-11-23(29)12-9-21)24(28(34)30-14-15-32)16-20-6-4-3-5-7-20/h3-13,17,24,32H,14-16,18-19H2,1-2H3,(H,30,34)/t24-/m1/s1. The largest absolute Gasteiger partial charge is 0.493 e. The molecule has 0 spiro atoms. The van der Waals surface area contributed by atoms with Crippen molar-refractivity contribution in [1.29, 1.82) is 0 Å². The Morgan fingerprint density at radius 2 is 1.58 bits per heavy atom. The third-order valence-electron chi connectivity index (χ3n) is 5.75. The van der Waals surface area contributed by atoms with Crippen molar-refractivity contribution in [3.8, 4) is 11.5 Å². The van der Waals surface area contributed by atoms with Crippen LogP contribution in [0, 0.1) is 5.82 Å². The van der Waals surface area contributed by atoms with Gasteiger partial charge in [0.25, 0.3) is 0 Å². The van der Waals surface area contributed by atoms with Gasteiger partial charge in [0.05, 0.1) is 27.2 Å².